The monoisotopic (exact) mass is 233 g/mol. The Hall–Kier alpha value is -2.11. The molecule has 90 valence electrons. The third kappa shape index (κ3) is 2.52. The Labute approximate surface area is 98.7 Å². The lowest BCUT2D eigenvalue weighted by atomic mass is 10.4. The van der Waals surface area contributed by atoms with Crippen molar-refractivity contribution in [3.8, 4) is 0 Å². The molecule has 0 unspecified atom stereocenters. The fourth-order valence-corrected chi connectivity index (χ4v) is 1.60. The third-order valence-electron chi connectivity index (χ3n) is 2.40. The van der Waals surface area contributed by atoms with Crippen molar-refractivity contribution in [1.82, 2.24) is 19.7 Å². The molecule has 0 atom stereocenters. The largest absolute Gasteiger partial charge is 0.337 e. The summed E-state index contributed by atoms with van der Waals surface area (Å²) in [6.07, 6.45) is 2.54. The molecule has 0 aromatic carbocycles. The van der Waals surface area contributed by atoms with Gasteiger partial charge in [0.05, 0.1) is 11.4 Å². The summed E-state index contributed by atoms with van der Waals surface area (Å²) in [6, 6.07) is 1.44. The molecule has 0 radical (unpaired) electrons. The molecule has 2 heterocycles. The normalized spacial score (nSPS) is 10.5. The maximum atomic E-state index is 11.4. The zero-order valence-corrected chi connectivity index (χ0v) is 10.1. The van der Waals surface area contributed by atoms with Gasteiger partial charge >= 0.3 is 0 Å². The minimum absolute atomic E-state index is 0.152. The van der Waals surface area contributed by atoms with Gasteiger partial charge in [-0.15, -0.1) is 0 Å². The van der Waals surface area contributed by atoms with Crippen molar-refractivity contribution in [1.29, 1.82) is 0 Å². The number of aromatic amines is 1. The molecule has 2 aromatic heterocycles. The lowest BCUT2D eigenvalue weighted by molar-refractivity contribution is 0.756. The molecule has 0 spiro atoms. The molecule has 2 rings (SSSR count). The number of hydrogen-bond donors (Lipinski definition) is 2. The van der Waals surface area contributed by atoms with Gasteiger partial charge in [0.2, 0.25) is 0 Å². The van der Waals surface area contributed by atoms with Crippen molar-refractivity contribution in [2.75, 3.05) is 5.32 Å². The number of anilines is 2. The maximum Gasteiger partial charge on any atom is 0.252 e. The Morgan fingerprint density at radius 1 is 1.53 bits per heavy atom. The molecule has 0 bridgehead atoms. The van der Waals surface area contributed by atoms with Crippen molar-refractivity contribution in [2.24, 2.45) is 7.05 Å². The molecular formula is C11H15N5O. The average molecular weight is 233 g/mol. The van der Waals surface area contributed by atoms with Gasteiger partial charge in [-0.3, -0.25) is 9.48 Å². The smallest absolute Gasteiger partial charge is 0.252 e. The van der Waals surface area contributed by atoms with Crippen molar-refractivity contribution in [3.05, 3.63) is 34.1 Å². The van der Waals surface area contributed by atoms with E-state index in [0.29, 0.717) is 18.1 Å². The first-order valence-corrected chi connectivity index (χ1v) is 5.46. The van der Waals surface area contributed by atoms with Gasteiger partial charge in [0.15, 0.2) is 0 Å². The van der Waals surface area contributed by atoms with Crippen LogP contribution in [0.2, 0.25) is 0 Å². The first-order valence-electron chi connectivity index (χ1n) is 5.46. The second kappa shape index (κ2) is 4.40. The Morgan fingerprint density at radius 3 is 2.88 bits per heavy atom. The molecule has 0 aliphatic carbocycles. The number of nitrogens with one attached hydrogen (secondary N) is 2. The van der Waals surface area contributed by atoms with Crippen LogP contribution in [0.3, 0.4) is 0 Å². The van der Waals surface area contributed by atoms with Crippen molar-refractivity contribution >= 4 is 11.5 Å². The van der Waals surface area contributed by atoms with Crippen molar-refractivity contribution in [3.63, 3.8) is 0 Å². The van der Waals surface area contributed by atoms with Gasteiger partial charge in [-0.1, -0.05) is 6.92 Å². The van der Waals surface area contributed by atoms with E-state index in [1.54, 1.807) is 4.68 Å². The molecule has 2 N–H and O–H groups in total. The van der Waals surface area contributed by atoms with E-state index >= 15 is 0 Å². The number of aromatic nitrogens is 4. The van der Waals surface area contributed by atoms with E-state index in [9.17, 15) is 4.79 Å². The molecule has 0 fully saturated rings. The molecule has 2 aromatic rings. The lowest BCUT2D eigenvalue weighted by Crippen LogP contribution is -2.11. The molecular weight excluding hydrogens is 218 g/mol. The number of aryl methyl sites for hydroxylation is 3. The summed E-state index contributed by atoms with van der Waals surface area (Å²) in [7, 11) is 1.85. The molecule has 0 aliphatic heterocycles. The summed E-state index contributed by atoms with van der Waals surface area (Å²) in [4.78, 5) is 18.4. The number of rotatable bonds is 3. The number of hydrogen-bond acceptors (Lipinski definition) is 4. The summed E-state index contributed by atoms with van der Waals surface area (Å²) in [5, 5.41) is 7.31. The summed E-state index contributed by atoms with van der Waals surface area (Å²) >= 11 is 0. The summed E-state index contributed by atoms with van der Waals surface area (Å²) in [5.74, 6) is 1.21. The molecule has 0 amide bonds. The Bertz CT molecular complexity index is 584. The van der Waals surface area contributed by atoms with Gasteiger partial charge < -0.3 is 10.3 Å². The third-order valence-corrected chi connectivity index (χ3v) is 2.40. The van der Waals surface area contributed by atoms with Gasteiger partial charge in [-0.2, -0.15) is 5.10 Å². The van der Waals surface area contributed by atoms with Gasteiger partial charge in [0.1, 0.15) is 11.6 Å². The molecule has 0 saturated heterocycles. The minimum Gasteiger partial charge on any atom is -0.337 e. The van der Waals surface area contributed by atoms with E-state index in [1.165, 1.54) is 6.07 Å². The second-order valence-electron chi connectivity index (χ2n) is 3.86. The zero-order chi connectivity index (χ0) is 12.4. The van der Waals surface area contributed by atoms with Crippen LogP contribution >= 0.6 is 0 Å². The highest BCUT2D eigenvalue weighted by Crippen LogP contribution is 2.16. The van der Waals surface area contributed by atoms with E-state index in [2.05, 4.69) is 20.4 Å². The van der Waals surface area contributed by atoms with E-state index < -0.39 is 0 Å². The zero-order valence-electron chi connectivity index (χ0n) is 10.1. The first kappa shape index (κ1) is 11.4. The average Bonchev–Trinajstić information content (AvgIpc) is 2.56. The first-order chi connectivity index (χ1) is 8.08. The van der Waals surface area contributed by atoms with Gasteiger partial charge in [0, 0.05) is 25.7 Å². The molecule has 0 aliphatic rings. The second-order valence-corrected chi connectivity index (χ2v) is 3.86. The topological polar surface area (TPSA) is 75.6 Å². The SMILES string of the molecule is CCc1nc(Nc2cn(C)nc2C)cc(=O)[nH]1. The standard InChI is InChI=1S/C11H15N5O/c1-4-9-13-10(5-11(17)14-9)12-8-6-16(3)15-7(8)2/h5-6H,4H2,1-3H3,(H2,12,13,14,17). The van der Waals surface area contributed by atoms with Crippen LogP contribution in [0, 0.1) is 6.92 Å². The minimum atomic E-state index is -0.152. The highest BCUT2D eigenvalue weighted by Gasteiger charge is 2.05. The summed E-state index contributed by atoms with van der Waals surface area (Å²) in [6.45, 7) is 3.84. The number of nitrogens with zero attached hydrogens (tertiary/aromatic N) is 3. The molecule has 6 heteroatoms. The van der Waals surface area contributed by atoms with Crippen LogP contribution in [0.5, 0.6) is 0 Å². The quantitative estimate of drug-likeness (QED) is 0.833. The summed E-state index contributed by atoms with van der Waals surface area (Å²) < 4.78 is 1.71. The van der Waals surface area contributed by atoms with Crippen LogP contribution in [-0.4, -0.2) is 19.7 Å². The van der Waals surface area contributed by atoms with Crippen LogP contribution in [-0.2, 0) is 13.5 Å². The molecule has 0 saturated carbocycles. The predicted molar refractivity (Wildman–Crippen MR) is 65.5 cm³/mol. The van der Waals surface area contributed by atoms with Crippen LogP contribution in [0.1, 0.15) is 18.4 Å². The highest BCUT2D eigenvalue weighted by atomic mass is 16.1. The molecule has 17 heavy (non-hydrogen) atoms. The summed E-state index contributed by atoms with van der Waals surface area (Å²) in [5.41, 5.74) is 1.57. The van der Waals surface area contributed by atoms with E-state index in [4.69, 9.17) is 0 Å². The number of H-pyrrole nitrogens is 1. The van der Waals surface area contributed by atoms with E-state index in [0.717, 1.165) is 11.4 Å². The Balaban J connectivity index is 2.32. The van der Waals surface area contributed by atoms with Gasteiger partial charge in [-0.25, -0.2) is 4.98 Å². The van der Waals surface area contributed by atoms with Crippen LogP contribution in [0.25, 0.3) is 0 Å². The molecule has 6 nitrogen and oxygen atoms in total. The fourth-order valence-electron chi connectivity index (χ4n) is 1.60. The van der Waals surface area contributed by atoms with Crippen LogP contribution < -0.4 is 10.9 Å². The van der Waals surface area contributed by atoms with Crippen LogP contribution in [0.15, 0.2) is 17.1 Å². The van der Waals surface area contributed by atoms with Gasteiger partial charge in [0.25, 0.3) is 5.56 Å². The Morgan fingerprint density at radius 2 is 2.29 bits per heavy atom. The lowest BCUT2D eigenvalue weighted by Gasteiger charge is -2.04. The predicted octanol–water partition coefficient (Wildman–Crippen LogP) is 1.12. The maximum absolute atomic E-state index is 11.4. The van der Waals surface area contributed by atoms with Gasteiger partial charge in [-0.05, 0) is 6.92 Å². The Kier molecular flexibility index (Phi) is 2.95. The van der Waals surface area contributed by atoms with E-state index in [-0.39, 0.29) is 5.56 Å². The van der Waals surface area contributed by atoms with Crippen LogP contribution in [0.4, 0.5) is 11.5 Å². The van der Waals surface area contributed by atoms with Crippen molar-refractivity contribution < 1.29 is 0 Å². The fraction of sp³-hybridized carbons (Fsp3) is 0.364. The van der Waals surface area contributed by atoms with Crippen molar-refractivity contribution in [2.45, 2.75) is 20.3 Å². The highest BCUT2D eigenvalue weighted by molar-refractivity contribution is 5.57. The van der Waals surface area contributed by atoms with E-state index in [1.807, 2.05) is 27.1 Å².